The molecule has 0 radical (unpaired) electrons. The first-order valence-corrected chi connectivity index (χ1v) is 7.31. The fourth-order valence-corrected chi connectivity index (χ4v) is 3.63. The van der Waals surface area contributed by atoms with Gasteiger partial charge in [0.05, 0.1) is 11.9 Å². The molecule has 2 fully saturated rings. The summed E-state index contributed by atoms with van der Waals surface area (Å²) in [5.74, 6) is 0.925. The smallest absolute Gasteiger partial charge is 0.244 e. The Hall–Kier alpha value is -1.52. The van der Waals surface area contributed by atoms with E-state index in [0.29, 0.717) is 18.3 Å². The highest BCUT2D eigenvalue weighted by molar-refractivity contribution is 5.76. The summed E-state index contributed by atoms with van der Waals surface area (Å²) < 4.78 is 1.64. The zero-order valence-electron chi connectivity index (χ0n) is 11.3. The van der Waals surface area contributed by atoms with E-state index >= 15 is 0 Å². The number of aromatic nitrogens is 2. The lowest BCUT2D eigenvalue weighted by atomic mass is 9.78. The summed E-state index contributed by atoms with van der Waals surface area (Å²) in [4.78, 5) is 14.6. The molecule has 2 atom stereocenters. The second-order valence-corrected chi connectivity index (χ2v) is 5.81. The minimum absolute atomic E-state index is 0.194. The molecule has 0 aromatic carbocycles. The van der Waals surface area contributed by atoms with Crippen LogP contribution in [0.1, 0.15) is 38.5 Å². The zero-order chi connectivity index (χ0) is 13.2. The van der Waals surface area contributed by atoms with Gasteiger partial charge in [0.1, 0.15) is 6.54 Å². The van der Waals surface area contributed by atoms with Gasteiger partial charge < -0.3 is 10.6 Å². The Morgan fingerprint density at radius 1 is 1.32 bits per heavy atom. The number of likely N-dealkylation sites (tertiary alicyclic amines) is 1. The van der Waals surface area contributed by atoms with Crippen LogP contribution in [0.25, 0.3) is 0 Å². The molecular weight excluding hydrogens is 240 g/mol. The summed E-state index contributed by atoms with van der Waals surface area (Å²) in [5.41, 5.74) is 6.24. The maximum atomic E-state index is 12.5. The van der Waals surface area contributed by atoms with Crippen LogP contribution in [-0.4, -0.2) is 33.2 Å². The highest BCUT2D eigenvalue weighted by atomic mass is 16.2. The first kappa shape index (κ1) is 12.5. The van der Waals surface area contributed by atoms with E-state index in [2.05, 4.69) is 10.00 Å². The molecule has 2 aliphatic rings. The number of nitrogens with two attached hydrogens (primary N) is 1. The Balaban J connectivity index is 1.67. The molecule has 1 aliphatic carbocycles. The molecule has 1 amide bonds. The molecule has 1 aromatic rings. The molecule has 5 heteroatoms. The van der Waals surface area contributed by atoms with Crippen LogP contribution in [0.15, 0.2) is 12.4 Å². The first-order valence-electron chi connectivity index (χ1n) is 7.31. The van der Waals surface area contributed by atoms with E-state index in [4.69, 9.17) is 5.73 Å². The Morgan fingerprint density at radius 2 is 2.11 bits per heavy atom. The van der Waals surface area contributed by atoms with Crippen LogP contribution in [0.3, 0.4) is 0 Å². The fourth-order valence-electron chi connectivity index (χ4n) is 3.63. The maximum absolute atomic E-state index is 12.5. The van der Waals surface area contributed by atoms with Crippen LogP contribution < -0.4 is 5.73 Å². The van der Waals surface area contributed by atoms with Crippen molar-refractivity contribution in [1.82, 2.24) is 14.7 Å². The minimum atomic E-state index is 0.194. The van der Waals surface area contributed by atoms with Gasteiger partial charge in [0.25, 0.3) is 0 Å². The average molecular weight is 262 g/mol. The number of anilines is 1. The van der Waals surface area contributed by atoms with Crippen LogP contribution in [-0.2, 0) is 11.3 Å². The lowest BCUT2D eigenvalue weighted by Crippen LogP contribution is -2.50. The lowest BCUT2D eigenvalue weighted by molar-refractivity contribution is -0.138. The number of rotatable bonds is 2. The molecule has 1 aliphatic heterocycles. The van der Waals surface area contributed by atoms with Gasteiger partial charge in [-0.3, -0.25) is 9.48 Å². The molecule has 1 saturated carbocycles. The number of hydrogen-bond acceptors (Lipinski definition) is 3. The van der Waals surface area contributed by atoms with Crippen molar-refractivity contribution in [3.8, 4) is 0 Å². The van der Waals surface area contributed by atoms with Crippen molar-refractivity contribution in [2.24, 2.45) is 5.92 Å². The fraction of sp³-hybridized carbons (Fsp3) is 0.714. The zero-order valence-corrected chi connectivity index (χ0v) is 11.3. The Labute approximate surface area is 113 Å². The summed E-state index contributed by atoms with van der Waals surface area (Å²) in [6.45, 7) is 1.23. The Kier molecular flexibility index (Phi) is 3.44. The Bertz CT molecular complexity index is 454. The summed E-state index contributed by atoms with van der Waals surface area (Å²) >= 11 is 0. The molecule has 19 heavy (non-hydrogen) atoms. The summed E-state index contributed by atoms with van der Waals surface area (Å²) in [6.07, 6.45) is 10.8. The van der Waals surface area contributed by atoms with E-state index in [1.54, 1.807) is 17.1 Å². The number of fused-ring (bicyclic) bond motifs is 1. The number of nitrogens with zero attached hydrogens (tertiary/aromatic N) is 3. The third-order valence-corrected chi connectivity index (χ3v) is 4.51. The van der Waals surface area contributed by atoms with E-state index in [1.807, 2.05) is 0 Å². The highest BCUT2D eigenvalue weighted by Gasteiger charge is 2.35. The molecule has 1 saturated heterocycles. The van der Waals surface area contributed by atoms with Crippen molar-refractivity contribution in [1.29, 1.82) is 0 Å². The molecule has 5 nitrogen and oxygen atoms in total. The summed E-state index contributed by atoms with van der Waals surface area (Å²) in [7, 11) is 0. The normalized spacial score (nSPS) is 27.1. The standard InChI is InChI=1S/C14H22N4O/c15-12-8-16-17(9-12)10-14(19)18-7-3-5-11-4-1-2-6-13(11)18/h8-9,11,13H,1-7,10,15H2/t11-,13-/m1/s1. The van der Waals surface area contributed by atoms with E-state index in [9.17, 15) is 4.79 Å². The number of amides is 1. The van der Waals surface area contributed by atoms with Crippen molar-refractivity contribution >= 4 is 11.6 Å². The van der Waals surface area contributed by atoms with Gasteiger partial charge >= 0.3 is 0 Å². The topological polar surface area (TPSA) is 64.1 Å². The Morgan fingerprint density at radius 3 is 2.89 bits per heavy atom. The molecule has 3 rings (SSSR count). The quantitative estimate of drug-likeness (QED) is 0.881. The molecule has 2 N–H and O–H groups in total. The second-order valence-electron chi connectivity index (χ2n) is 5.81. The van der Waals surface area contributed by atoms with Gasteiger partial charge in [0.15, 0.2) is 0 Å². The lowest BCUT2D eigenvalue weighted by Gasteiger charge is -2.44. The second kappa shape index (κ2) is 5.23. The molecular formula is C14H22N4O. The van der Waals surface area contributed by atoms with Crippen molar-refractivity contribution < 1.29 is 4.79 Å². The van der Waals surface area contributed by atoms with Crippen LogP contribution in [0, 0.1) is 5.92 Å². The minimum Gasteiger partial charge on any atom is -0.396 e. The maximum Gasteiger partial charge on any atom is 0.244 e. The van der Waals surface area contributed by atoms with Gasteiger partial charge in [-0.15, -0.1) is 0 Å². The molecule has 104 valence electrons. The summed E-state index contributed by atoms with van der Waals surface area (Å²) in [6, 6.07) is 0.475. The summed E-state index contributed by atoms with van der Waals surface area (Å²) in [5, 5.41) is 4.10. The molecule has 2 heterocycles. The predicted octanol–water partition coefficient (Wildman–Crippen LogP) is 1.65. The van der Waals surface area contributed by atoms with Gasteiger partial charge in [-0.05, 0) is 31.6 Å². The third-order valence-electron chi connectivity index (χ3n) is 4.51. The third kappa shape index (κ3) is 2.60. The number of carbonyl (C=O) groups is 1. The number of hydrogen-bond donors (Lipinski definition) is 1. The van der Waals surface area contributed by atoms with E-state index in [0.717, 1.165) is 18.9 Å². The van der Waals surface area contributed by atoms with Gasteiger partial charge in [-0.2, -0.15) is 5.10 Å². The number of nitrogen functional groups attached to an aromatic ring is 1. The molecule has 0 spiro atoms. The van der Waals surface area contributed by atoms with Gasteiger partial charge in [-0.1, -0.05) is 12.8 Å². The number of carbonyl (C=O) groups excluding carboxylic acids is 1. The van der Waals surface area contributed by atoms with E-state index in [-0.39, 0.29) is 5.91 Å². The van der Waals surface area contributed by atoms with Crippen molar-refractivity contribution in [3.05, 3.63) is 12.4 Å². The van der Waals surface area contributed by atoms with Crippen LogP contribution in [0.4, 0.5) is 5.69 Å². The average Bonchev–Trinajstić information content (AvgIpc) is 2.83. The van der Waals surface area contributed by atoms with Gasteiger partial charge in [0, 0.05) is 18.8 Å². The van der Waals surface area contributed by atoms with Gasteiger partial charge in [0.2, 0.25) is 5.91 Å². The molecule has 0 unspecified atom stereocenters. The highest BCUT2D eigenvalue weighted by Crippen LogP contribution is 2.35. The van der Waals surface area contributed by atoms with Crippen LogP contribution >= 0.6 is 0 Å². The predicted molar refractivity (Wildman–Crippen MR) is 73.3 cm³/mol. The van der Waals surface area contributed by atoms with Crippen LogP contribution in [0.2, 0.25) is 0 Å². The molecule has 0 bridgehead atoms. The largest absolute Gasteiger partial charge is 0.396 e. The van der Waals surface area contributed by atoms with Crippen molar-refractivity contribution in [2.45, 2.75) is 51.1 Å². The molecule has 1 aromatic heterocycles. The van der Waals surface area contributed by atoms with Crippen LogP contribution in [0.5, 0.6) is 0 Å². The number of piperidine rings is 1. The van der Waals surface area contributed by atoms with E-state index < -0.39 is 0 Å². The van der Waals surface area contributed by atoms with Crippen molar-refractivity contribution in [3.63, 3.8) is 0 Å². The van der Waals surface area contributed by atoms with Crippen molar-refractivity contribution in [2.75, 3.05) is 12.3 Å². The van der Waals surface area contributed by atoms with Gasteiger partial charge in [-0.25, -0.2) is 0 Å². The van der Waals surface area contributed by atoms with E-state index in [1.165, 1.54) is 32.1 Å². The first-order chi connectivity index (χ1) is 9.24. The SMILES string of the molecule is Nc1cnn(CC(=O)N2CCC[C@H]3CCCC[C@H]32)c1. The monoisotopic (exact) mass is 262 g/mol.